The second-order valence-corrected chi connectivity index (χ2v) is 4.83. The van der Waals surface area contributed by atoms with Gasteiger partial charge in [0.15, 0.2) is 0 Å². The summed E-state index contributed by atoms with van der Waals surface area (Å²) in [6, 6.07) is 12.4. The van der Waals surface area contributed by atoms with Crippen LogP contribution < -0.4 is 10.4 Å². The number of alkyl halides is 3. The zero-order valence-electron chi connectivity index (χ0n) is 12.0. The highest BCUT2D eigenvalue weighted by atomic mass is 19.4. The normalized spacial score (nSPS) is 11.7. The Morgan fingerprint density at radius 3 is 2.35 bits per heavy atom. The van der Waals surface area contributed by atoms with Crippen molar-refractivity contribution in [1.29, 1.82) is 0 Å². The third kappa shape index (κ3) is 2.56. The first-order valence-electron chi connectivity index (χ1n) is 6.70. The standard InChI is InChI=1S/C17H11F3O3/c1-22-12-8-4-2-6-10(12)14-11-7-3-5-9-13(11)23-16(21)15(14)17(18,19)20/h2-9H,1H3. The van der Waals surface area contributed by atoms with Gasteiger partial charge in [-0.3, -0.25) is 0 Å². The molecule has 0 aliphatic carbocycles. The number of rotatable bonds is 2. The topological polar surface area (TPSA) is 39.4 Å². The molecule has 0 amide bonds. The number of ether oxygens (including phenoxy) is 1. The molecule has 0 saturated carbocycles. The Morgan fingerprint density at radius 1 is 1.00 bits per heavy atom. The number of halogens is 3. The maximum Gasteiger partial charge on any atom is 0.424 e. The number of hydrogen-bond donors (Lipinski definition) is 0. The van der Waals surface area contributed by atoms with Gasteiger partial charge >= 0.3 is 11.8 Å². The monoisotopic (exact) mass is 320 g/mol. The summed E-state index contributed by atoms with van der Waals surface area (Å²) in [5, 5.41) is 0.198. The fraction of sp³-hybridized carbons (Fsp3) is 0.118. The maximum atomic E-state index is 13.5. The summed E-state index contributed by atoms with van der Waals surface area (Å²) in [6.07, 6.45) is -4.85. The molecule has 1 aromatic heterocycles. The summed E-state index contributed by atoms with van der Waals surface area (Å²) >= 11 is 0. The molecular weight excluding hydrogens is 309 g/mol. The molecule has 2 aromatic carbocycles. The van der Waals surface area contributed by atoms with E-state index in [9.17, 15) is 18.0 Å². The van der Waals surface area contributed by atoms with Gasteiger partial charge in [0.1, 0.15) is 16.9 Å². The van der Waals surface area contributed by atoms with E-state index in [1.165, 1.54) is 25.3 Å². The van der Waals surface area contributed by atoms with E-state index in [0.717, 1.165) is 0 Å². The van der Waals surface area contributed by atoms with E-state index < -0.39 is 17.4 Å². The van der Waals surface area contributed by atoms with Crippen molar-refractivity contribution in [2.24, 2.45) is 0 Å². The molecule has 0 radical (unpaired) electrons. The van der Waals surface area contributed by atoms with Crippen LogP contribution in [0.15, 0.2) is 57.7 Å². The van der Waals surface area contributed by atoms with Crippen LogP contribution in [0.4, 0.5) is 13.2 Å². The van der Waals surface area contributed by atoms with Crippen molar-refractivity contribution in [2.45, 2.75) is 6.18 Å². The van der Waals surface area contributed by atoms with Crippen molar-refractivity contribution in [1.82, 2.24) is 0 Å². The molecule has 23 heavy (non-hydrogen) atoms. The lowest BCUT2D eigenvalue weighted by Gasteiger charge is -2.16. The molecule has 0 saturated heterocycles. The van der Waals surface area contributed by atoms with Crippen LogP contribution in [0.3, 0.4) is 0 Å². The second kappa shape index (κ2) is 5.46. The van der Waals surface area contributed by atoms with E-state index in [2.05, 4.69) is 0 Å². The van der Waals surface area contributed by atoms with Crippen molar-refractivity contribution < 1.29 is 22.3 Å². The predicted molar refractivity (Wildman–Crippen MR) is 79.5 cm³/mol. The first-order chi connectivity index (χ1) is 10.9. The fourth-order valence-corrected chi connectivity index (χ4v) is 2.54. The van der Waals surface area contributed by atoms with Gasteiger partial charge in [-0.1, -0.05) is 36.4 Å². The quantitative estimate of drug-likeness (QED) is 0.653. The zero-order valence-corrected chi connectivity index (χ0v) is 12.0. The van der Waals surface area contributed by atoms with Crippen molar-refractivity contribution >= 4 is 11.0 Å². The molecule has 0 atom stereocenters. The van der Waals surface area contributed by atoms with Gasteiger partial charge < -0.3 is 9.15 Å². The number of methoxy groups -OCH3 is 1. The lowest BCUT2D eigenvalue weighted by atomic mass is 9.96. The van der Waals surface area contributed by atoms with E-state index in [0.29, 0.717) is 0 Å². The van der Waals surface area contributed by atoms with Crippen molar-refractivity contribution in [3.8, 4) is 16.9 Å². The molecule has 0 N–H and O–H groups in total. The Balaban J connectivity index is 2.53. The minimum atomic E-state index is -4.85. The molecule has 0 fully saturated rings. The maximum absolute atomic E-state index is 13.5. The molecular formula is C17H11F3O3. The molecule has 1 heterocycles. The van der Waals surface area contributed by atoms with E-state index in [1.807, 2.05) is 0 Å². The molecule has 6 heteroatoms. The van der Waals surface area contributed by atoms with E-state index in [1.54, 1.807) is 30.3 Å². The summed E-state index contributed by atoms with van der Waals surface area (Å²) in [7, 11) is 1.36. The molecule has 3 aromatic rings. The molecule has 0 aliphatic rings. The smallest absolute Gasteiger partial charge is 0.424 e. The van der Waals surface area contributed by atoms with E-state index in [-0.39, 0.29) is 27.8 Å². The molecule has 0 spiro atoms. The number of fused-ring (bicyclic) bond motifs is 1. The van der Waals surface area contributed by atoms with Gasteiger partial charge in [0.25, 0.3) is 0 Å². The van der Waals surface area contributed by atoms with Gasteiger partial charge in [-0.15, -0.1) is 0 Å². The Labute approximate surface area is 128 Å². The third-order valence-corrected chi connectivity index (χ3v) is 3.47. The van der Waals surface area contributed by atoms with Gasteiger partial charge in [-0.05, 0) is 12.1 Å². The minimum absolute atomic E-state index is 0.0893. The van der Waals surface area contributed by atoms with Crippen LogP contribution in [0.2, 0.25) is 0 Å². The minimum Gasteiger partial charge on any atom is -0.496 e. The fourth-order valence-electron chi connectivity index (χ4n) is 2.54. The number of benzene rings is 2. The Bertz CT molecular complexity index is 926. The van der Waals surface area contributed by atoms with Crippen molar-refractivity contribution in [2.75, 3.05) is 7.11 Å². The van der Waals surface area contributed by atoms with E-state index >= 15 is 0 Å². The molecule has 3 rings (SSSR count). The van der Waals surface area contributed by atoms with Crippen LogP contribution in [0.25, 0.3) is 22.1 Å². The highest BCUT2D eigenvalue weighted by Crippen LogP contribution is 2.42. The summed E-state index contributed by atoms with van der Waals surface area (Å²) in [4.78, 5) is 11.9. The van der Waals surface area contributed by atoms with Crippen LogP contribution in [0.5, 0.6) is 5.75 Å². The molecule has 0 bridgehead atoms. The predicted octanol–water partition coefficient (Wildman–Crippen LogP) is 4.49. The molecule has 0 aliphatic heterocycles. The average molecular weight is 320 g/mol. The molecule has 3 nitrogen and oxygen atoms in total. The highest BCUT2D eigenvalue weighted by molar-refractivity contribution is 5.96. The molecule has 0 unspecified atom stereocenters. The number of para-hydroxylation sites is 2. The second-order valence-electron chi connectivity index (χ2n) is 4.83. The van der Waals surface area contributed by atoms with Crippen LogP contribution in [0.1, 0.15) is 5.56 Å². The van der Waals surface area contributed by atoms with Gasteiger partial charge in [-0.2, -0.15) is 13.2 Å². The largest absolute Gasteiger partial charge is 0.496 e. The Morgan fingerprint density at radius 2 is 1.65 bits per heavy atom. The van der Waals surface area contributed by atoms with Crippen LogP contribution in [-0.4, -0.2) is 7.11 Å². The summed E-state index contributed by atoms with van der Waals surface area (Å²) in [5.74, 6) is 0.244. The highest BCUT2D eigenvalue weighted by Gasteiger charge is 2.39. The lowest BCUT2D eigenvalue weighted by molar-refractivity contribution is -0.139. The summed E-state index contributed by atoms with van der Waals surface area (Å²) < 4.78 is 50.4. The van der Waals surface area contributed by atoms with Crippen LogP contribution >= 0.6 is 0 Å². The van der Waals surface area contributed by atoms with Gasteiger partial charge in [0.05, 0.1) is 7.11 Å². The van der Waals surface area contributed by atoms with E-state index in [4.69, 9.17) is 9.15 Å². The Hall–Kier alpha value is -2.76. The SMILES string of the molecule is COc1ccccc1-c1c(C(F)(F)F)c(=O)oc2ccccc12. The average Bonchev–Trinajstić information content (AvgIpc) is 2.52. The Kier molecular flexibility index (Phi) is 3.60. The first kappa shape index (κ1) is 15.1. The molecule has 118 valence electrons. The zero-order chi connectivity index (χ0) is 16.6. The van der Waals surface area contributed by atoms with Crippen molar-refractivity contribution in [3.05, 3.63) is 64.5 Å². The lowest BCUT2D eigenvalue weighted by Crippen LogP contribution is -2.20. The summed E-state index contributed by atoms with van der Waals surface area (Å²) in [6.45, 7) is 0. The third-order valence-electron chi connectivity index (χ3n) is 3.47. The van der Waals surface area contributed by atoms with Crippen molar-refractivity contribution in [3.63, 3.8) is 0 Å². The van der Waals surface area contributed by atoms with Gasteiger partial charge in [0.2, 0.25) is 0 Å². The first-order valence-corrected chi connectivity index (χ1v) is 6.70. The number of hydrogen-bond acceptors (Lipinski definition) is 3. The summed E-state index contributed by atoms with van der Waals surface area (Å²) in [5.41, 5.74) is -2.71. The van der Waals surface area contributed by atoms with Gasteiger partial charge in [0, 0.05) is 16.5 Å². The van der Waals surface area contributed by atoms with Crippen LogP contribution in [0, 0.1) is 0 Å². The van der Waals surface area contributed by atoms with Crippen LogP contribution in [-0.2, 0) is 6.18 Å². The van der Waals surface area contributed by atoms with Gasteiger partial charge in [-0.25, -0.2) is 4.79 Å².